The Morgan fingerprint density at radius 2 is 1.63 bits per heavy atom. The first-order valence-corrected chi connectivity index (χ1v) is 6.92. The third kappa shape index (κ3) is 3.44. The Hall–Kier alpha value is -1.16. The predicted molar refractivity (Wildman–Crippen MR) is 71.5 cm³/mol. The summed E-state index contributed by atoms with van der Waals surface area (Å²) in [5.74, 6) is 0.208. The summed E-state index contributed by atoms with van der Waals surface area (Å²) in [6, 6.07) is 7.00. The smallest absolute Gasteiger partial charge is 0.387 e. The molecule has 1 saturated carbocycles. The van der Waals surface area contributed by atoms with Gasteiger partial charge in [0, 0.05) is 12.0 Å². The molecular weight excluding hydrogens is 248 g/mol. The largest absolute Gasteiger partial charge is 0.435 e. The lowest BCUT2D eigenvalue weighted by Gasteiger charge is -2.32. The Kier molecular flexibility index (Phi) is 4.75. The fourth-order valence-electron chi connectivity index (χ4n) is 3.01. The first-order valence-electron chi connectivity index (χ1n) is 6.92. The van der Waals surface area contributed by atoms with Crippen LogP contribution in [0.1, 0.15) is 44.1 Å². The average molecular weight is 269 g/mol. The quantitative estimate of drug-likeness (QED) is 0.843. The Labute approximate surface area is 112 Å². The minimum Gasteiger partial charge on any atom is -0.435 e. The highest BCUT2D eigenvalue weighted by atomic mass is 19.3. The molecule has 0 atom stereocenters. The van der Waals surface area contributed by atoms with Crippen molar-refractivity contribution < 1.29 is 13.5 Å². The molecule has 1 aliphatic carbocycles. The topological polar surface area (TPSA) is 35.2 Å². The lowest BCUT2D eigenvalue weighted by atomic mass is 9.74. The van der Waals surface area contributed by atoms with Crippen LogP contribution in [0.3, 0.4) is 0 Å². The van der Waals surface area contributed by atoms with Crippen LogP contribution in [0.2, 0.25) is 0 Å². The van der Waals surface area contributed by atoms with Crippen molar-refractivity contribution in [2.45, 2.75) is 50.6 Å². The Morgan fingerprint density at radius 3 is 2.11 bits per heavy atom. The highest BCUT2D eigenvalue weighted by Gasteiger charge is 2.31. The molecule has 0 aromatic heterocycles. The monoisotopic (exact) mass is 269 g/mol. The van der Waals surface area contributed by atoms with Crippen LogP contribution in [0.5, 0.6) is 5.75 Å². The highest BCUT2D eigenvalue weighted by molar-refractivity contribution is 5.33. The number of halogens is 2. The number of ether oxygens (including phenoxy) is 1. The van der Waals surface area contributed by atoms with Crippen LogP contribution in [0.15, 0.2) is 24.3 Å². The van der Waals surface area contributed by atoms with Crippen LogP contribution in [-0.4, -0.2) is 13.2 Å². The van der Waals surface area contributed by atoms with Crippen molar-refractivity contribution >= 4 is 0 Å². The normalized spacial score (nSPS) is 19.2. The van der Waals surface area contributed by atoms with Gasteiger partial charge in [0.2, 0.25) is 0 Å². The van der Waals surface area contributed by atoms with Crippen molar-refractivity contribution in [2.24, 2.45) is 5.73 Å². The summed E-state index contributed by atoms with van der Waals surface area (Å²) in [7, 11) is 0. The molecule has 2 N–H and O–H groups in total. The molecule has 2 nitrogen and oxygen atoms in total. The molecule has 0 radical (unpaired) electrons. The molecule has 0 bridgehead atoms. The second kappa shape index (κ2) is 6.33. The molecule has 1 aliphatic rings. The van der Waals surface area contributed by atoms with Gasteiger partial charge in [0.1, 0.15) is 5.75 Å². The molecule has 1 fully saturated rings. The zero-order chi connectivity index (χ0) is 13.7. The van der Waals surface area contributed by atoms with Gasteiger partial charge in [0.05, 0.1) is 0 Å². The van der Waals surface area contributed by atoms with Crippen LogP contribution < -0.4 is 10.5 Å². The number of nitrogens with two attached hydrogens (primary N) is 1. The molecule has 4 heteroatoms. The van der Waals surface area contributed by atoms with Crippen molar-refractivity contribution in [1.29, 1.82) is 0 Å². The lowest BCUT2D eigenvalue weighted by molar-refractivity contribution is -0.0498. The summed E-state index contributed by atoms with van der Waals surface area (Å²) in [6.07, 6.45) is 7.05. The molecule has 2 rings (SSSR count). The summed E-state index contributed by atoms with van der Waals surface area (Å²) >= 11 is 0. The van der Waals surface area contributed by atoms with E-state index in [0.29, 0.717) is 6.54 Å². The van der Waals surface area contributed by atoms with Gasteiger partial charge in [-0.25, -0.2) is 0 Å². The van der Waals surface area contributed by atoms with Gasteiger partial charge in [0.25, 0.3) is 0 Å². The molecule has 0 saturated heterocycles. The maximum absolute atomic E-state index is 12.1. The summed E-state index contributed by atoms with van der Waals surface area (Å²) < 4.78 is 28.6. The van der Waals surface area contributed by atoms with E-state index in [1.54, 1.807) is 12.1 Å². The third-order valence-corrected chi connectivity index (χ3v) is 4.14. The van der Waals surface area contributed by atoms with Crippen molar-refractivity contribution in [3.8, 4) is 5.75 Å². The van der Waals surface area contributed by atoms with Crippen LogP contribution in [0.4, 0.5) is 8.78 Å². The van der Waals surface area contributed by atoms with E-state index in [0.717, 1.165) is 18.4 Å². The number of benzene rings is 1. The molecular formula is C15H21F2NO. The van der Waals surface area contributed by atoms with Crippen molar-refractivity contribution in [3.05, 3.63) is 29.8 Å². The zero-order valence-corrected chi connectivity index (χ0v) is 11.1. The Balaban J connectivity index is 2.18. The van der Waals surface area contributed by atoms with Gasteiger partial charge in [0.15, 0.2) is 0 Å². The minimum atomic E-state index is -2.77. The Bertz CT molecular complexity index is 384. The standard InChI is InChI=1S/C15H21F2NO/c16-14(17)19-13-7-5-12(6-8-13)15(11-18)9-3-1-2-4-10-15/h5-8,14H,1-4,9-11,18H2. The first kappa shape index (κ1) is 14.3. The van der Waals surface area contributed by atoms with Crippen LogP contribution in [-0.2, 0) is 5.41 Å². The molecule has 0 heterocycles. The number of hydrogen-bond donors (Lipinski definition) is 1. The molecule has 0 unspecified atom stereocenters. The van der Waals surface area contributed by atoms with Crippen LogP contribution in [0, 0.1) is 0 Å². The number of alkyl halides is 2. The van der Waals surface area contributed by atoms with Gasteiger partial charge >= 0.3 is 6.61 Å². The second-order valence-corrected chi connectivity index (χ2v) is 5.30. The third-order valence-electron chi connectivity index (χ3n) is 4.14. The number of hydrogen-bond acceptors (Lipinski definition) is 2. The predicted octanol–water partition coefficient (Wildman–Crippen LogP) is 3.84. The van der Waals surface area contributed by atoms with E-state index in [2.05, 4.69) is 4.74 Å². The summed E-state index contributed by atoms with van der Waals surface area (Å²) in [5.41, 5.74) is 7.17. The molecule has 0 amide bonds. The van der Waals surface area contributed by atoms with Crippen LogP contribution >= 0.6 is 0 Å². The van der Waals surface area contributed by atoms with Gasteiger partial charge < -0.3 is 10.5 Å². The van der Waals surface area contributed by atoms with Gasteiger partial charge in [-0.15, -0.1) is 0 Å². The van der Waals surface area contributed by atoms with Crippen molar-refractivity contribution in [3.63, 3.8) is 0 Å². The fraction of sp³-hybridized carbons (Fsp3) is 0.600. The van der Waals surface area contributed by atoms with E-state index < -0.39 is 6.61 Å². The molecule has 19 heavy (non-hydrogen) atoms. The highest BCUT2D eigenvalue weighted by Crippen LogP contribution is 2.38. The minimum absolute atomic E-state index is 0.0138. The summed E-state index contributed by atoms with van der Waals surface area (Å²) in [4.78, 5) is 0. The van der Waals surface area contributed by atoms with E-state index in [4.69, 9.17) is 5.73 Å². The molecule has 0 aliphatic heterocycles. The summed E-state index contributed by atoms with van der Waals surface area (Å²) in [5, 5.41) is 0. The molecule has 1 aromatic carbocycles. The molecule has 1 aromatic rings. The van der Waals surface area contributed by atoms with E-state index in [1.165, 1.54) is 25.7 Å². The molecule has 0 spiro atoms. The second-order valence-electron chi connectivity index (χ2n) is 5.30. The number of rotatable bonds is 4. The maximum atomic E-state index is 12.1. The zero-order valence-electron chi connectivity index (χ0n) is 11.1. The maximum Gasteiger partial charge on any atom is 0.387 e. The van der Waals surface area contributed by atoms with Crippen molar-refractivity contribution in [1.82, 2.24) is 0 Å². The average Bonchev–Trinajstić information content (AvgIpc) is 2.65. The van der Waals surface area contributed by atoms with Crippen LogP contribution in [0.25, 0.3) is 0 Å². The van der Waals surface area contributed by atoms with E-state index >= 15 is 0 Å². The van der Waals surface area contributed by atoms with Gasteiger partial charge in [-0.3, -0.25) is 0 Å². The SMILES string of the molecule is NCC1(c2ccc(OC(F)F)cc2)CCCCCC1. The van der Waals surface area contributed by atoms with E-state index in [-0.39, 0.29) is 11.2 Å². The fourth-order valence-corrected chi connectivity index (χ4v) is 3.01. The Morgan fingerprint density at radius 1 is 1.05 bits per heavy atom. The van der Waals surface area contributed by atoms with Gasteiger partial charge in [-0.05, 0) is 30.5 Å². The van der Waals surface area contributed by atoms with E-state index in [9.17, 15) is 8.78 Å². The summed E-state index contributed by atoms with van der Waals surface area (Å²) in [6.45, 7) is -2.16. The first-order chi connectivity index (χ1) is 9.16. The molecule has 106 valence electrons. The van der Waals surface area contributed by atoms with Gasteiger partial charge in [-0.2, -0.15) is 8.78 Å². The van der Waals surface area contributed by atoms with Gasteiger partial charge in [-0.1, -0.05) is 37.8 Å². The van der Waals surface area contributed by atoms with E-state index in [1.807, 2.05) is 12.1 Å². The lowest BCUT2D eigenvalue weighted by Crippen LogP contribution is -2.34. The van der Waals surface area contributed by atoms with Crippen molar-refractivity contribution in [2.75, 3.05) is 6.54 Å².